The highest BCUT2D eigenvalue weighted by Gasteiger charge is 2.20. The Balaban J connectivity index is 1.65. The molecule has 4 heteroatoms. The second kappa shape index (κ2) is 6.79. The van der Waals surface area contributed by atoms with Gasteiger partial charge in [0, 0.05) is 13.1 Å². The van der Waals surface area contributed by atoms with Gasteiger partial charge in [-0.2, -0.15) is 0 Å². The van der Waals surface area contributed by atoms with Crippen LogP contribution in [-0.2, 0) is 11.3 Å². The fraction of sp³-hybridized carbons (Fsp3) is 0.389. The highest BCUT2D eigenvalue weighted by molar-refractivity contribution is 5.85. The third kappa shape index (κ3) is 3.39. The van der Waals surface area contributed by atoms with Crippen molar-refractivity contribution >= 4 is 16.7 Å². The summed E-state index contributed by atoms with van der Waals surface area (Å²) in [6, 6.07) is 12.3. The number of carbonyl (C=O) groups excluding carboxylic acids is 1. The maximum Gasteiger partial charge on any atom is 0.224 e. The van der Waals surface area contributed by atoms with Gasteiger partial charge in [0.2, 0.25) is 5.91 Å². The van der Waals surface area contributed by atoms with Crippen molar-refractivity contribution in [1.29, 1.82) is 0 Å². The second-order valence-electron chi connectivity index (χ2n) is 5.81. The van der Waals surface area contributed by atoms with Crippen molar-refractivity contribution in [2.24, 2.45) is 5.92 Å². The molecule has 4 nitrogen and oxygen atoms in total. The van der Waals surface area contributed by atoms with Gasteiger partial charge in [-0.15, -0.1) is 0 Å². The Hall–Kier alpha value is -2.07. The molecule has 0 aromatic heterocycles. The number of hydrogen-bond acceptors (Lipinski definition) is 3. The number of benzene rings is 2. The first-order valence-electron chi connectivity index (χ1n) is 7.81. The third-order valence-corrected chi connectivity index (χ3v) is 4.25. The van der Waals surface area contributed by atoms with E-state index in [1.54, 1.807) is 7.11 Å². The summed E-state index contributed by atoms with van der Waals surface area (Å²) < 4.78 is 5.24. The van der Waals surface area contributed by atoms with Crippen LogP contribution < -0.4 is 15.4 Å². The Morgan fingerprint density at radius 2 is 2.09 bits per heavy atom. The maximum absolute atomic E-state index is 12.2. The van der Waals surface area contributed by atoms with E-state index in [1.807, 2.05) is 18.2 Å². The predicted octanol–water partition coefficient (Wildman–Crippen LogP) is 2.46. The molecule has 1 saturated heterocycles. The van der Waals surface area contributed by atoms with Gasteiger partial charge >= 0.3 is 0 Å². The lowest BCUT2D eigenvalue weighted by Gasteiger charge is -2.21. The fourth-order valence-corrected chi connectivity index (χ4v) is 2.92. The zero-order valence-corrected chi connectivity index (χ0v) is 12.9. The molecule has 3 rings (SSSR count). The molecule has 1 amide bonds. The summed E-state index contributed by atoms with van der Waals surface area (Å²) in [6.45, 7) is 2.40. The Morgan fingerprint density at radius 3 is 2.86 bits per heavy atom. The molecule has 2 N–H and O–H groups in total. The van der Waals surface area contributed by atoms with Gasteiger partial charge < -0.3 is 15.4 Å². The molecule has 0 aliphatic carbocycles. The van der Waals surface area contributed by atoms with Crippen molar-refractivity contribution < 1.29 is 9.53 Å². The number of methoxy groups -OCH3 is 1. The Morgan fingerprint density at radius 1 is 1.27 bits per heavy atom. The molecule has 1 aliphatic heterocycles. The van der Waals surface area contributed by atoms with Gasteiger partial charge in [0.05, 0.1) is 13.0 Å². The normalized spacial score (nSPS) is 18.1. The molecule has 22 heavy (non-hydrogen) atoms. The van der Waals surface area contributed by atoms with Crippen molar-refractivity contribution in [1.82, 2.24) is 10.6 Å². The number of hydrogen-bond donors (Lipinski definition) is 2. The molecule has 0 radical (unpaired) electrons. The van der Waals surface area contributed by atoms with Gasteiger partial charge in [0.15, 0.2) is 0 Å². The topological polar surface area (TPSA) is 50.4 Å². The van der Waals surface area contributed by atoms with Gasteiger partial charge in [-0.25, -0.2) is 0 Å². The molecule has 0 bridgehead atoms. The second-order valence-corrected chi connectivity index (χ2v) is 5.81. The third-order valence-electron chi connectivity index (χ3n) is 4.25. The molecular weight excluding hydrogens is 276 g/mol. The Kier molecular flexibility index (Phi) is 4.59. The van der Waals surface area contributed by atoms with Crippen molar-refractivity contribution in [2.75, 3.05) is 20.2 Å². The van der Waals surface area contributed by atoms with Gasteiger partial charge in [-0.3, -0.25) is 4.79 Å². The summed E-state index contributed by atoms with van der Waals surface area (Å²) in [4.78, 5) is 12.2. The van der Waals surface area contributed by atoms with Crippen molar-refractivity contribution in [3.05, 3.63) is 42.0 Å². The van der Waals surface area contributed by atoms with Crippen LogP contribution in [0.4, 0.5) is 0 Å². The zero-order chi connectivity index (χ0) is 15.4. The molecule has 116 valence electrons. The number of nitrogens with one attached hydrogen (secondary N) is 2. The van der Waals surface area contributed by atoms with E-state index in [-0.39, 0.29) is 11.8 Å². The molecule has 2 aromatic carbocycles. The number of fused-ring (bicyclic) bond motifs is 1. The molecule has 0 saturated carbocycles. The minimum atomic E-state index is 0.110. The highest BCUT2D eigenvalue weighted by atomic mass is 16.5. The minimum absolute atomic E-state index is 0.110. The molecule has 2 aromatic rings. The summed E-state index contributed by atoms with van der Waals surface area (Å²) in [6.07, 6.45) is 2.06. The average Bonchev–Trinajstić information content (AvgIpc) is 2.59. The van der Waals surface area contributed by atoms with Crippen molar-refractivity contribution in [3.8, 4) is 5.75 Å². The number of carbonyl (C=O) groups is 1. The van der Waals surface area contributed by atoms with E-state index in [1.165, 1.54) is 0 Å². The van der Waals surface area contributed by atoms with Crippen LogP contribution in [0.3, 0.4) is 0 Å². The molecular formula is C18H22N2O2. The first kappa shape index (κ1) is 14.9. The quantitative estimate of drug-likeness (QED) is 0.911. The first-order valence-corrected chi connectivity index (χ1v) is 7.81. The first-order chi connectivity index (χ1) is 10.8. The van der Waals surface area contributed by atoms with Crippen molar-refractivity contribution in [2.45, 2.75) is 19.4 Å². The van der Waals surface area contributed by atoms with Gasteiger partial charge in [0.1, 0.15) is 5.75 Å². The standard InChI is InChI=1S/C18H22N2O2/c1-22-17-7-6-14-9-13(4-5-15(14)10-17)11-20-18(21)16-3-2-8-19-12-16/h4-7,9-10,16,19H,2-3,8,11-12H2,1H3,(H,20,21)/t16-/m1/s1. The van der Waals surface area contributed by atoms with Crippen LogP contribution in [0.25, 0.3) is 10.8 Å². The molecule has 0 unspecified atom stereocenters. The lowest BCUT2D eigenvalue weighted by Crippen LogP contribution is -2.40. The molecule has 1 heterocycles. The maximum atomic E-state index is 12.2. The van der Waals surface area contributed by atoms with Gasteiger partial charge in [-0.1, -0.05) is 18.2 Å². The zero-order valence-electron chi connectivity index (χ0n) is 12.9. The Bertz CT molecular complexity index is 663. The van der Waals surface area contributed by atoms with E-state index in [9.17, 15) is 4.79 Å². The van der Waals surface area contributed by atoms with Crippen LogP contribution in [0, 0.1) is 5.92 Å². The van der Waals surface area contributed by atoms with Crippen LogP contribution in [0.1, 0.15) is 18.4 Å². The van der Waals surface area contributed by atoms with E-state index >= 15 is 0 Å². The summed E-state index contributed by atoms with van der Waals surface area (Å²) >= 11 is 0. The van der Waals surface area contributed by atoms with Crippen molar-refractivity contribution in [3.63, 3.8) is 0 Å². The molecule has 0 spiro atoms. The SMILES string of the molecule is COc1ccc2cc(CNC(=O)[C@@H]3CCCNC3)ccc2c1. The van der Waals surface area contributed by atoms with E-state index in [0.29, 0.717) is 6.54 Å². The smallest absolute Gasteiger partial charge is 0.224 e. The largest absolute Gasteiger partial charge is 0.497 e. The monoisotopic (exact) mass is 298 g/mol. The number of amides is 1. The minimum Gasteiger partial charge on any atom is -0.497 e. The molecule has 1 fully saturated rings. The lowest BCUT2D eigenvalue weighted by molar-refractivity contribution is -0.125. The average molecular weight is 298 g/mol. The van der Waals surface area contributed by atoms with E-state index in [2.05, 4.69) is 28.8 Å². The van der Waals surface area contributed by atoms with Crippen LogP contribution in [0.15, 0.2) is 36.4 Å². The summed E-state index contributed by atoms with van der Waals surface area (Å²) in [5, 5.41) is 8.63. The molecule has 1 aliphatic rings. The van der Waals surface area contributed by atoms with E-state index < -0.39 is 0 Å². The van der Waals surface area contributed by atoms with Crippen LogP contribution >= 0.6 is 0 Å². The van der Waals surface area contributed by atoms with Gasteiger partial charge in [-0.05, 0) is 53.9 Å². The van der Waals surface area contributed by atoms with Gasteiger partial charge in [0.25, 0.3) is 0 Å². The van der Waals surface area contributed by atoms with E-state index in [0.717, 1.165) is 48.0 Å². The van der Waals surface area contributed by atoms with Crippen LogP contribution in [0.5, 0.6) is 5.75 Å². The van der Waals surface area contributed by atoms with Crippen LogP contribution in [0.2, 0.25) is 0 Å². The summed E-state index contributed by atoms with van der Waals surface area (Å²) in [5.41, 5.74) is 1.12. The number of piperidine rings is 1. The summed E-state index contributed by atoms with van der Waals surface area (Å²) in [5.74, 6) is 1.12. The Labute approximate surface area is 130 Å². The lowest BCUT2D eigenvalue weighted by atomic mass is 9.98. The highest BCUT2D eigenvalue weighted by Crippen LogP contribution is 2.22. The summed E-state index contributed by atoms with van der Waals surface area (Å²) in [7, 11) is 1.67. The predicted molar refractivity (Wildman–Crippen MR) is 87.9 cm³/mol. The fourth-order valence-electron chi connectivity index (χ4n) is 2.92. The van der Waals surface area contributed by atoms with Crippen LogP contribution in [-0.4, -0.2) is 26.1 Å². The van der Waals surface area contributed by atoms with E-state index in [4.69, 9.17) is 4.74 Å². The number of rotatable bonds is 4. The number of ether oxygens (including phenoxy) is 1. The molecule has 1 atom stereocenters.